The molecule has 0 bridgehead atoms. The summed E-state index contributed by atoms with van der Waals surface area (Å²) in [7, 11) is 2.09. The molecule has 9 heteroatoms. The molecule has 0 saturated carbocycles. The number of hydrogen-bond acceptors (Lipinski definition) is 7. The van der Waals surface area contributed by atoms with Crippen LogP contribution in [0.3, 0.4) is 0 Å². The van der Waals surface area contributed by atoms with Gasteiger partial charge in [-0.1, -0.05) is 74.0 Å². The van der Waals surface area contributed by atoms with E-state index in [1.165, 1.54) is 0 Å². The van der Waals surface area contributed by atoms with Crippen LogP contribution in [0.4, 0.5) is 0 Å². The molecule has 2 aromatic heterocycles. The second-order valence-corrected chi connectivity index (χ2v) is 11.9. The van der Waals surface area contributed by atoms with Crippen molar-refractivity contribution >= 4 is 0 Å². The number of nitrogens with one attached hydrogen (secondary N) is 1. The summed E-state index contributed by atoms with van der Waals surface area (Å²) in [5, 5.41) is 3.86. The molecular formula is C36H41N5O4. The third-order valence-electron chi connectivity index (χ3n) is 8.38. The SMILES string of the molecule is CCCc1nc(C)n(-c2ccc(OCC(C)(C)N(C)CC)cc2)c(=O)c1Cc1ccc(-c2ccccc2-c2noc(=O)[nH]2)cc1. The van der Waals surface area contributed by atoms with Gasteiger partial charge in [0.15, 0.2) is 5.82 Å². The van der Waals surface area contributed by atoms with E-state index >= 15 is 0 Å². The van der Waals surface area contributed by atoms with Crippen molar-refractivity contribution in [2.45, 2.75) is 59.4 Å². The Morgan fingerprint density at radius 3 is 2.27 bits per heavy atom. The molecular weight excluding hydrogens is 566 g/mol. The van der Waals surface area contributed by atoms with Crippen LogP contribution in [-0.4, -0.2) is 50.3 Å². The average molecular weight is 608 g/mol. The highest BCUT2D eigenvalue weighted by Crippen LogP contribution is 2.30. The molecule has 45 heavy (non-hydrogen) atoms. The highest BCUT2D eigenvalue weighted by molar-refractivity contribution is 5.80. The Hall–Kier alpha value is -4.76. The van der Waals surface area contributed by atoms with E-state index in [9.17, 15) is 9.59 Å². The van der Waals surface area contributed by atoms with Crippen molar-refractivity contribution in [3.63, 3.8) is 0 Å². The third kappa shape index (κ3) is 6.99. The van der Waals surface area contributed by atoms with Crippen molar-refractivity contribution in [1.29, 1.82) is 0 Å². The van der Waals surface area contributed by atoms with Crippen LogP contribution in [0.5, 0.6) is 5.75 Å². The van der Waals surface area contributed by atoms with E-state index in [4.69, 9.17) is 14.2 Å². The first-order chi connectivity index (χ1) is 21.6. The Morgan fingerprint density at radius 1 is 0.956 bits per heavy atom. The average Bonchev–Trinajstić information content (AvgIpc) is 3.48. The summed E-state index contributed by atoms with van der Waals surface area (Å²) in [6.45, 7) is 11.9. The van der Waals surface area contributed by atoms with Gasteiger partial charge in [0.05, 0.1) is 11.4 Å². The molecule has 2 heterocycles. The Labute approximate surface area is 263 Å². The monoisotopic (exact) mass is 607 g/mol. The summed E-state index contributed by atoms with van der Waals surface area (Å²) in [5.41, 5.74) is 5.75. The van der Waals surface area contributed by atoms with Crippen molar-refractivity contribution in [3.05, 3.63) is 116 Å². The molecule has 0 aliphatic carbocycles. The zero-order valence-corrected chi connectivity index (χ0v) is 26.9. The molecule has 0 unspecified atom stereocenters. The van der Waals surface area contributed by atoms with E-state index in [0.717, 1.165) is 58.8 Å². The summed E-state index contributed by atoms with van der Waals surface area (Å²) >= 11 is 0. The van der Waals surface area contributed by atoms with Crippen molar-refractivity contribution in [3.8, 4) is 34.0 Å². The minimum Gasteiger partial charge on any atom is -0.492 e. The van der Waals surface area contributed by atoms with Gasteiger partial charge in [-0.3, -0.25) is 23.8 Å². The first-order valence-electron chi connectivity index (χ1n) is 15.4. The molecule has 0 amide bonds. The first kappa shape index (κ1) is 31.7. The van der Waals surface area contributed by atoms with Crippen LogP contribution in [0.15, 0.2) is 86.9 Å². The fraction of sp³-hybridized carbons (Fsp3) is 0.333. The van der Waals surface area contributed by atoms with Crippen molar-refractivity contribution in [1.82, 2.24) is 24.6 Å². The standard InChI is InChI=1S/C36H41N5O4/c1-7-11-32-31(22-25-14-16-26(17-15-25)29-12-9-10-13-30(29)33-38-35(43)45-39-33)34(42)41(24(3)37-32)27-18-20-28(21-19-27)44-23-36(4,5)40(6)8-2/h9-10,12-21H,7-8,11,22-23H2,1-6H3,(H,38,39,43). The van der Waals surface area contributed by atoms with Gasteiger partial charge in [0.2, 0.25) is 0 Å². The Kier molecular flexibility index (Phi) is 9.48. The zero-order chi connectivity index (χ0) is 32.1. The van der Waals surface area contributed by atoms with Crippen molar-refractivity contribution in [2.24, 2.45) is 0 Å². The van der Waals surface area contributed by atoms with E-state index in [0.29, 0.717) is 30.2 Å². The molecule has 0 aliphatic rings. The number of ether oxygens (including phenoxy) is 1. The molecule has 1 N–H and O–H groups in total. The Balaban J connectivity index is 1.42. The van der Waals surface area contributed by atoms with E-state index in [-0.39, 0.29) is 11.1 Å². The molecule has 0 saturated heterocycles. The molecule has 0 radical (unpaired) electrons. The normalized spacial score (nSPS) is 11.7. The molecule has 0 atom stereocenters. The third-order valence-corrected chi connectivity index (χ3v) is 8.38. The van der Waals surface area contributed by atoms with Gasteiger partial charge in [0, 0.05) is 23.1 Å². The minimum absolute atomic E-state index is 0.0604. The lowest BCUT2D eigenvalue weighted by atomic mass is 9.96. The molecule has 5 rings (SSSR count). The summed E-state index contributed by atoms with van der Waals surface area (Å²) in [6.07, 6.45) is 2.07. The lowest BCUT2D eigenvalue weighted by Crippen LogP contribution is -2.45. The van der Waals surface area contributed by atoms with Gasteiger partial charge in [-0.05, 0) is 81.7 Å². The van der Waals surface area contributed by atoms with Gasteiger partial charge in [0.1, 0.15) is 18.2 Å². The summed E-state index contributed by atoms with van der Waals surface area (Å²) in [5.74, 6) is 1.20. The predicted octanol–water partition coefficient (Wildman–Crippen LogP) is 6.20. The lowest BCUT2D eigenvalue weighted by Gasteiger charge is -2.34. The van der Waals surface area contributed by atoms with Crippen LogP contribution in [0.2, 0.25) is 0 Å². The van der Waals surface area contributed by atoms with E-state index in [2.05, 4.69) is 49.8 Å². The number of aromatic amines is 1. The topological polar surface area (TPSA) is 106 Å². The van der Waals surface area contributed by atoms with Gasteiger partial charge in [0.25, 0.3) is 5.56 Å². The quantitative estimate of drug-likeness (QED) is 0.180. The van der Waals surface area contributed by atoms with E-state index < -0.39 is 5.76 Å². The number of nitrogens with zero attached hydrogens (tertiary/aromatic N) is 4. The maximum atomic E-state index is 14.1. The highest BCUT2D eigenvalue weighted by Gasteiger charge is 2.23. The van der Waals surface area contributed by atoms with Crippen molar-refractivity contribution in [2.75, 3.05) is 20.2 Å². The number of H-pyrrole nitrogens is 1. The van der Waals surface area contributed by atoms with Crippen molar-refractivity contribution < 1.29 is 9.26 Å². The Morgan fingerprint density at radius 2 is 1.64 bits per heavy atom. The number of likely N-dealkylation sites (N-methyl/N-ethyl adjacent to an activating group) is 1. The number of benzene rings is 3. The second-order valence-electron chi connectivity index (χ2n) is 11.9. The molecule has 0 spiro atoms. The van der Waals surface area contributed by atoms with E-state index in [1.54, 1.807) is 4.57 Å². The zero-order valence-electron chi connectivity index (χ0n) is 26.9. The lowest BCUT2D eigenvalue weighted by molar-refractivity contribution is 0.0958. The number of aryl methyl sites for hydroxylation is 2. The number of rotatable bonds is 12. The summed E-state index contributed by atoms with van der Waals surface area (Å²) < 4.78 is 12.5. The largest absolute Gasteiger partial charge is 0.492 e. The summed E-state index contributed by atoms with van der Waals surface area (Å²) in [4.78, 5) is 35.4. The van der Waals surface area contributed by atoms with Crippen LogP contribution in [0.1, 0.15) is 56.8 Å². The smallest absolute Gasteiger partial charge is 0.439 e. The van der Waals surface area contributed by atoms with Crippen LogP contribution < -0.4 is 16.1 Å². The van der Waals surface area contributed by atoms with Crippen LogP contribution in [-0.2, 0) is 12.8 Å². The molecule has 9 nitrogen and oxygen atoms in total. The molecule has 5 aromatic rings. The number of hydrogen-bond donors (Lipinski definition) is 1. The van der Waals surface area contributed by atoms with Crippen LogP contribution >= 0.6 is 0 Å². The summed E-state index contributed by atoms with van der Waals surface area (Å²) in [6, 6.07) is 23.4. The fourth-order valence-electron chi connectivity index (χ4n) is 5.43. The highest BCUT2D eigenvalue weighted by atomic mass is 16.5. The molecule has 3 aromatic carbocycles. The maximum absolute atomic E-state index is 14.1. The first-order valence-corrected chi connectivity index (χ1v) is 15.4. The van der Waals surface area contributed by atoms with Crippen LogP contribution in [0.25, 0.3) is 28.2 Å². The van der Waals surface area contributed by atoms with Gasteiger partial charge >= 0.3 is 5.76 Å². The van der Waals surface area contributed by atoms with E-state index in [1.807, 2.05) is 79.7 Å². The number of aromatic nitrogens is 4. The van der Waals surface area contributed by atoms with Gasteiger partial charge in [-0.2, -0.15) is 0 Å². The Bertz CT molecular complexity index is 1870. The fourth-order valence-corrected chi connectivity index (χ4v) is 5.43. The van der Waals surface area contributed by atoms with Gasteiger partial charge in [-0.15, -0.1) is 0 Å². The van der Waals surface area contributed by atoms with Gasteiger partial charge < -0.3 is 4.74 Å². The molecule has 0 fully saturated rings. The van der Waals surface area contributed by atoms with Gasteiger partial charge in [-0.25, -0.2) is 9.78 Å². The predicted molar refractivity (Wildman–Crippen MR) is 177 cm³/mol. The maximum Gasteiger partial charge on any atom is 0.439 e. The van der Waals surface area contributed by atoms with Crippen LogP contribution in [0, 0.1) is 6.92 Å². The minimum atomic E-state index is -0.598. The molecule has 234 valence electrons. The molecule has 0 aliphatic heterocycles. The second kappa shape index (κ2) is 13.5.